The number of hydrogen-bond acceptors (Lipinski definition) is 4. The fourth-order valence-electron chi connectivity index (χ4n) is 1.44. The summed E-state index contributed by atoms with van der Waals surface area (Å²) in [6, 6.07) is 3.67. The van der Waals surface area contributed by atoms with Crippen LogP contribution < -0.4 is 5.32 Å². The van der Waals surface area contributed by atoms with Crippen LogP contribution in [0, 0.1) is 6.92 Å². The molecule has 0 spiro atoms. The minimum atomic E-state index is -0.164. The second kappa shape index (κ2) is 5.20. The number of pyridine rings is 1. The summed E-state index contributed by atoms with van der Waals surface area (Å²) in [4.78, 5) is 19.6. The zero-order valence-electron chi connectivity index (χ0n) is 9.50. The molecule has 0 aliphatic rings. The predicted octanol–water partition coefficient (Wildman–Crippen LogP) is 0.412. The highest BCUT2D eigenvalue weighted by Crippen LogP contribution is 2.02. The monoisotopic (exact) mass is 231 g/mol. The van der Waals surface area contributed by atoms with Crippen LogP contribution in [0.2, 0.25) is 0 Å². The minimum absolute atomic E-state index is 0.164. The Labute approximate surface area is 98.7 Å². The Kier molecular flexibility index (Phi) is 3.44. The van der Waals surface area contributed by atoms with Gasteiger partial charge in [-0.3, -0.25) is 14.5 Å². The van der Waals surface area contributed by atoms with Gasteiger partial charge in [-0.05, 0) is 18.6 Å². The summed E-state index contributed by atoms with van der Waals surface area (Å²) < 4.78 is 1.66. The Hall–Kier alpha value is -2.24. The zero-order valence-corrected chi connectivity index (χ0v) is 9.50. The normalized spacial score (nSPS) is 10.2. The highest BCUT2D eigenvalue weighted by Gasteiger charge is 2.08. The smallest absolute Gasteiger partial charge is 0.270 e. The number of nitrogens with zero attached hydrogens (tertiary/aromatic N) is 4. The third kappa shape index (κ3) is 2.87. The SMILES string of the molecule is Cc1cccnc1C(=O)NCCn1cncn1. The van der Waals surface area contributed by atoms with Crippen LogP contribution >= 0.6 is 0 Å². The number of aromatic nitrogens is 4. The Balaban J connectivity index is 1.88. The highest BCUT2D eigenvalue weighted by molar-refractivity contribution is 5.93. The van der Waals surface area contributed by atoms with Crippen molar-refractivity contribution in [3.8, 4) is 0 Å². The molecule has 0 aliphatic heterocycles. The zero-order chi connectivity index (χ0) is 12.1. The molecule has 6 nitrogen and oxygen atoms in total. The molecule has 2 heterocycles. The summed E-state index contributed by atoms with van der Waals surface area (Å²) in [5.41, 5.74) is 1.33. The van der Waals surface area contributed by atoms with E-state index >= 15 is 0 Å². The second-order valence-electron chi connectivity index (χ2n) is 3.58. The minimum Gasteiger partial charge on any atom is -0.349 e. The average molecular weight is 231 g/mol. The topological polar surface area (TPSA) is 72.7 Å². The van der Waals surface area contributed by atoms with Gasteiger partial charge in [-0.25, -0.2) is 4.98 Å². The summed E-state index contributed by atoms with van der Waals surface area (Å²) in [7, 11) is 0. The number of aryl methyl sites for hydroxylation is 1. The standard InChI is InChI=1S/C11H13N5O/c1-9-3-2-4-13-10(9)11(17)14-5-6-16-8-12-7-15-16/h2-4,7-8H,5-6H2,1H3,(H,14,17). The number of amides is 1. The van der Waals surface area contributed by atoms with Crippen LogP contribution in [0.3, 0.4) is 0 Å². The molecule has 0 aliphatic carbocycles. The lowest BCUT2D eigenvalue weighted by atomic mass is 10.2. The molecule has 0 saturated carbocycles. The quantitative estimate of drug-likeness (QED) is 0.827. The van der Waals surface area contributed by atoms with Gasteiger partial charge in [0.1, 0.15) is 18.3 Å². The van der Waals surface area contributed by atoms with E-state index in [9.17, 15) is 4.79 Å². The first-order valence-electron chi connectivity index (χ1n) is 5.29. The van der Waals surface area contributed by atoms with E-state index in [-0.39, 0.29) is 5.91 Å². The number of hydrogen-bond donors (Lipinski definition) is 1. The van der Waals surface area contributed by atoms with Gasteiger partial charge in [-0.15, -0.1) is 0 Å². The number of carbonyl (C=O) groups excluding carboxylic acids is 1. The Morgan fingerprint density at radius 3 is 3.12 bits per heavy atom. The van der Waals surface area contributed by atoms with Crippen LogP contribution in [0.1, 0.15) is 16.1 Å². The van der Waals surface area contributed by atoms with Crippen molar-refractivity contribution in [1.82, 2.24) is 25.1 Å². The van der Waals surface area contributed by atoms with Crippen molar-refractivity contribution in [2.24, 2.45) is 0 Å². The molecule has 17 heavy (non-hydrogen) atoms. The van der Waals surface area contributed by atoms with Crippen LogP contribution in [0.25, 0.3) is 0 Å². The van der Waals surface area contributed by atoms with Gasteiger partial charge >= 0.3 is 0 Å². The third-order valence-electron chi connectivity index (χ3n) is 2.32. The summed E-state index contributed by atoms with van der Waals surface area (Å²) in [5, 5.41) is 6.73. The van der Waals surface area contributed by atoms with Crippen LogP contribution in [0.15, 0.2) is 31.0 Å². The molecule has 0 unspecified atom stereocenters. The number of nitrogens with one attached hydrogen (secondary N) is 1. The Morgan fingerprint density at radius 1 is 1.53 bits per heavy atom. The van der Waals surface area contributed by atoms with E-state index in [2.05, 4.69) is 20.4 Å². The second-order valence-corrected chi connectivity index (χ2v) is 3.58. The highest BCUT2D eigenvalue weighted by atomic mass is 16.1. The Morgan fingerprint density at radius 2 is 2.41 bits per heavy atom. The summed E-state index contributed by atoms with van der Waals surface area (Å²) >= 11 is 0. The van der Waals surface area contributed by atoms with Gasteiger partial charge in [0.2, 0.25) is 0 Å². The van der Waals surface area contributed by atoms with Crippen molar-refractivity contribution in [2.75, 3.05) is 6.54 Å². The maximum Gasteiger partial charge on any atom is 0.270 e. The molecule has 0 bridgehead atoms. The van der Waals surface area contributed by atoms with E-state index in [4.69, 9.17) is 0 Å². The van der Waals surface area contributed by atoms with Gasteiger partial charge in [0.05, 0.1) is 6.54 Å². The molecule has 0 fully saturated rings. The summed E-state index contributed by atoms with van der Waals surface area (Å²) in [5.74, 6) is -0.164. The molecule has 2 aromatic heterocycles. The van der Waals surface area contributed by atoms with Crippen LogP contribution in [0.4, 0.5) is 0 Å². The molecular formula is C11H13N5O. The molecule has 2 aromatic rings. The van der Waals surface area contributed by atoms with E-state index in [1.165, 1.54) is 6.33 Å². The van der Waals surface area contributed by atoms with Crippen LogP contribution in [-0.4, -0.2) is 32.2 Å². The molecule has 0 atom stereocenters. The lowest BCUT2D eigenvalue weighted by molar-refractivity contribution is 0.0946. The fourth-order valence-corrected chi connectivity index (χ4v) is 1.44. The lowest BCUT2D eigenvalue weighted by Gasteiger charge is -2.06. The van der Waals surface area contributed by atoms with Crippen molar-refractivity contribution in [3.63, 3.8) is 0 Å². The first-order chi connectivity index (χ1) is 8.27. The van der Waals surface area contributed by atoms with Crippen LogP contribution in [0.5, 0.6) is 0 Å². The molecule has 0 saturated heterocycles. The van der Waals surface area contributed by atoms with Crippen molar-refractivity contribution < 1.29 is 4.79 Å². The van der Waals surface area contributed by atoms with Gasteiger partial charge in [0, 0.05) is 12.7 Å². The Bertz CT molecular complexity index is 494. The van der Waals surface area contributed by atoms with Gasteiger partial charge in [-0.2, -0.15) is 5.10 Å². The molecule has 1 N–H and O–H groups in total. The van der Waals surface area contributed by atoms with Gasteiger partial charge in [0.15, 0.2) is 0 Å². The molecule has 0 aromatic carbocycles. The third-order valence-corrected chi connectivity index (χ3v) is 2.32. The average Bonchev–Trinajstić information content (AvgIpc) is 2.82. The molecular weight excluding hydrogens is 218 g/mol. The van der Waals surface area contributed by atoms with Crippen molar-refractivity contribution in [2.45, 2.75) is 13.5 Å². The molecule has 0 radical (unpaired) electrons. The largest absolute Gasteiger partial charge is 0.349 e. The van der Waals surface area contributed by atoms with Gasteiger partial charge in [-0.1, -0.05) is 6.07 Å². The first kappa shape index (κ1) is 11.3. The molecule has 6 heteroatoms. The fraction of sp³-hybridized carbons (Fsp3) is 0.273. The van der Waals surface area contributed by atoms with Crippen LogP contribution in [-0.2, 0) is 6.54 Å². The summed E-state index contributed by atoms with van der Waals surface area (Å²) in [6.07, 6.45) is 4.68. The lowest BCUT2D eigenvalue weighted by Crippen LogP contribution is -2.28. The van der Waals surface area contributed by atoms with E-state index < -0.39 is 0 Å². The van der Waals surface area contributed by atoms with Crippen molar-refractivity contribution in [1.29, 1.82) is 0 Å². The number of rotatable bonds is 4. The molecule has 88 valence electrons. The molecule has 1 amide bonds. The maximum absolute atomic E-state index is 11.8. The van der Waals surface area contributed by atoms with Crippen molar-refractivity contribution in [3.05, 3.63) is 42.2 Å². The predicted molar refractivity (Wildman–Crippen MR) is 61.3 cm³/mol. The van der Waals surface area contributed by atoms with E-state index in [0.717, 1.165) is 5.56 Å². The summed E-state index contributed by atoms with van der Waals surface area (Å²) in [6.45, 7) is 2.95. The van der Waals surface area contributed by atoms with E-state index in [1.807, 2.05) is 19.1 Å². The van der Waals surface area contributed by atoms with Crippen molar-refractivity contribution >= 4 is 5.91 Å². The van der Waals surface area contributed by atoms with E-state index in [1.54, 1.807) is 17.2 Å². The number of carbonyl (C=O) groups is 1. The van der Waals surface area contributed by atoms with Gasteiger partial charge in [0.25, 0.3) is 5.91 Å². The maximum atomic E-state index is 11.8. The molecule has 2 rings (SSSR count). The van der Waals surface area contributed by atoms with Gasteiger partial charge < -0.3 is 5.32 Å². The first-order valence-corrected chi connectivity index (χ1v) is 5.29. The van der Waals surface area contributed by atoms with E-state index in [0.29, 0.717) is 18.8 Å².